The van der Waals surface area contributed by atoms with Gasteiger partial charge in [0.05, 0.1) is 0 Å². The number of halogens is 1. The molecule has 0 aliphatic heterocycles. The highest BCUT2D eigenvalue weighted by Crippen LogP contribution is 2.15. The van der Waals surface area contributed by atoms with Crippen molar-refractivity contribution in [3.63, 3.8) is 0 Å². The van der Waals surface area contributed by atoms with Gasteiger partial charge in [-0.15, -0.1) is 0 Å². The van der Waals surface area contributed by atoms with E-state index in [4.69, 9.17) is 10.5 Å². The molecule has 2 aromatic rings. The van der Waals surface area contributed by atoms with Crippen LogP contribution < -0.4 is 15.8 Å². The van der Waals surface area contributed by atoms with Crippen molar-refractivity contribution in [3.05, 3.63) is 65.5 Å². The van der Waals surface area contributed by atoms with Crippen molar-refractivity contribution < 1.29 is 18.7 Å². The van der Waals surface area contributed by atoms with E-state index in [2.05, 4.69) is 5.32 Å². The summed E-state index contributed by atoms with van der Waals surface area (Å²) >= 11 is 0. The van der Waals surface area contributed by atoms with E-state index in [1.807, 2.05) is 6.07 Å². The first-order chi connectivity index (χ1) is 11.5. The first-order valence-electron chi connectivity index (χ1n) is 7.58. The normalized spacial score (nSPS) is 10.2. The number of primary amides is 1. The quantitative estimate of drug-likeness (QED) is 0.729. The standard InChI is InChI=1S/C18H19FN2O3/c19-15-6-2-7-16(11-15)24-12-13-4-1-5-14(10-13)18(23)21-9-3-8-17(20)22/h1-2,4-7,10-11H,3,8-9,12H2,(H2,20,22)(H,21,23). The monoisotopic (exact) mass is 330 g/mol. The molecule has 0 radical (unpaired) electrons. The summed E-state index contributed by atoms with van der Waals surface area (Å²) in [5.74, 6) is -0.555. The summed E-state index contributed by atoms with van der Waals surface area (Å²) in [5, 5.41) is 2.73. The topological polar surface area (TPSA) is 81.4 Å². The number of rotatable bonds is 8. The molecule has 0 saturated heterocycles. The SMILES string of the molecule is NC(=O)CCCNC(=O)c1cccc(COc2cccc(F)c2)c1. The Balaban J connectivity index is 1.88. The van der Waals surface area contributed by atoms with Crippen molar-refractivity contribution >= 4 is 11.8 Å². The number of ether oxygens (including phenoxy) is 1. The Kier molecular flexibility index (Phi) is 6.31. The molecule has 0 spiro atoms. The number of benzene rings is 2. The molecule has 0 heterocycles. The molecule has 5 nitrogen and oxygen atoms in total. The third-order valence-corrected chi connectivity index (χ3v) is 3.28. The van der Waals surface area contributed by atoms with Crippen LogP contribution in [0.25, 0.3) is 0 Å². The maximum atomic E-state index is 13.1. The van der Waals surface area contributed by atoms with Gasteiger partial charge < -0.3 is 15.8 Å². The lowest BCUT2D eigenvalue weighted by Gasteiger charge is -2.08. The Labute approximate surface area is 139 Å². The van der Waals surface area contributed by atoms with Crippen molar-refractivity contribution in [2.45, 2.75) is 19.4 Å². The van der Waals surface area contributed by atoms with Gasteiger partial charge in [-0.3, -0.25) is 9.59 Å². The Bertz CT molecular complexity index is 719. The highest BCUT2D eigenvalue weighted by atomic mass is 19.1. The number of nitrogens with two attached hydrogens (primary N) is 1. The van der Waals surface area contributed by atoms with Gasteiger partial charge in [-0.2, -0.15) is 0 Å². The third-order valence-electron chi connectivity index (χ3n) is 3.28. The van der Waals surface area contributed by atoms with Crippen molar-refractivity contribution in [1.29, 1.82) is 0 Å². The second kappa shape index (κ2) is 8.67. The molecule has 0 aliphatic rings. The Hall–Kier alpha value is -2.89. The molecule has 3 N–H and O–H groups in total. The van der Waals surface area contributed by atoms with E-state index in [-0.39, 0.29) is 30.7 Å². The first kappa shape index (κ1) is 17.5. The molecule has 126 valence electrons. The summed E-state index contributed by atoms with van der Waals surface area (Å²) in [7, 11) is 0. The fourth-order valence-corrected chi connectivity index (χ4v) is 2.09. The van der Waals surface area contributed by atoms with Crippen molar-refractivity contribution in [2.24, 2.45) is 5.73 Å². The van der Waals surface area contributed by atoms with Crippen LogP contribution in [-0.4, -0.2) is 18.4 Å². The Morgan fingerprint density at radius 1 is 1.12 bits per heavy atom. The van der Waals surface area contributed by atoms with Crippen LogP contribution in [0.15, 0.2) is 48.5 Å². The first-order valence-corrected chi connectivity index (χ1v) is 7.58. The number of nitrogens with one attached hydrogen (secondary N) is 1. The van der Waals surface area contributed by atoms with Crippen LogP contribution >= 0.6 is 0 Å². The second-order valence-corrected chi connectivity index (χ2v) is 5.27. The molecule has 2 amide bonds. The summed E-state index contributed by atoms with van der Waals surface area (Å²) in [6.45, 7) is 0.609. The molecule has 24 heavy (non-hydrogen) atoms. The molecular weight excluding hydrogens is 311 g/mol. The Morgan fingerprint density at radius 2 is 1.92 bits per heavy atom. The van der Waals surface area contributed by atoms with Crippen molar-refractivity contribution in [1.82, 2.24) is 5.32 Å². The molecule has 0 unspecified atom stereocenters. The molecular formula is C18H19FN2O3. The number of carbonyl (C=O) groups excluding carboxylic acids is 2. The van der Waals surface area contributed by atoms with Gasteiger partial charge in [0.2, 0.25) is 5.91 Å². The van der Waals surface area contributed by atoms with E-state index in [9.17, 15) is 14.0 Å². The smallest absolute Gasteiger partial charge is 0.251 e. The maximum Gasteiger partial charge on any atom is 0.251 e. The summed E-state index contributed by atoms with van der Waals surface area (Å²) in [6, 6.07) is 12.9. The predicted octanol–water partition coefficient (Wildman–Crippen LogP) is 2.40. The molecule has 2 aromatic carbocycles. The zero-order chi connectivity index (χ0) is 17.4. The van der Waals surface area contributed by atoms with E-state index < -0.39 is 0 Å². The largest absolute Gasteiger partial charge is 0.489 e. The Morgan fingerprint density at radius 3 is 2.67 bits per heavy atom. The fourth-order valence-electron chi connectivity index (χ4n) is 2.09. The van der Waals surface area contributed by atoms with Crippen molar-refractivity contribution in [3.8, 4) is 5.75 Å². The average molecular weight is 330 g/mol. The molecule has 0 bridgehead atoms. The molecule has 0 aromatic heterocycles. The van der Waals surface area contributed by atoms with Crippen LogP contribution in [0.3, 0.4) is 0 Å². The maximum absolute atomic E-state index is 13.1. The highest BCUT2D eigenvalue weighted by Gasteiger charge is 2.06. The van der Waals surface area contributed by atoms with Gasteiger partial charge in [0, 0.05) is 24.6 Å². The van der Waals surface area contributed by atoms with Gasteiger partial charge in [-0.1, -0.05) is 18.2 Å². The van der Waals surface area contributed by atoms with Crippen LogP contribution in [0.2, 0.25) is 0 Å². The zero-order valence-corrected chi connectivity index (χ0v) is 13.1. The summed E-state index contributed by atoms with van der Waals surface area (Å²) in [5.41, 5.74) is 6.33. The molecule has 2 rings (SSSR count). The van der Waals surface area contributed by atoms with Gasteiger partial charge in [0.1, 0.15) is 18.2 Å². The number of amides is 2. The number of hydrogen-bond acceptors (Lipinski definition) is 3. The number of carbonyl (C=O) groups is 2. The molecule has 0 fully saturated rings. The summed E-state index contributed by atoms with van der Waals surface area (Å²) < 4.78 is 18.6. The summed E-state index contributed by atoms with van der Waals surface area (Å²) in [6.07, 6.45) is 0.741. The van der Waals surface area contributed by atoms with Crippen LogP contribution in [0, 0.1) is 5.82 Å². The van der Waals surface area contributed by atoms with Gasteiger partial charge in [-0.05, 0) is 36.2 Å². The fraction of sp³-hybridized carbons (Fsp3) is 0.222. The predicted molar refractivity (Wildman–Crippen MR) is 87.9 cm³/mol. The van der Waals surface area contributed by atoms with Gasteiger partial charge in [0.15, 0.2) is 0 Å². The molecule has 0 saturated carbocycles. The van der Waals surface area contributed by atoms with E-state index in [0.717, 1.165) is 5.56 Å². The second-order valence-electron chi connectivity index (χ2n) is 5.27. The van der Waals surface area contributed by atoms with Crippen LogP contribution in [0.1, 0.15) is 28.8 Å². The van der Waals surface area contributed by atoms with Crippen LogP contribution in [0.5, 0.6) is 5.75 Å². The highest BCUT2D eigenvalue weighted by molar-refractivity contribution is 5.94. The minimum Gasteiger partial charge on any atom is -0.489 e. The lowest BCUT2D eigenvalue weighted by molar-refractivity contribution is -0.118. The lowest BCUT2D eigenvalue weighted by atomic mass is 10.1. The molecule has 6 heteroatoms. The lowest BCUT2D eigenvalue weighted by Crippen LogP contribution is -2.25. The van der Waals surface area contributed by atoms with Crippen LogP contribution in [0.4, 0.5) is 4.39 Å². The minimum absolute atomic E-state index is 0.228. The van der Waals surface area contributed by atoms with Gasteiger partial charge >= 0.3 is 0 Å². The van der Waals surface area contributed by atoms with E-state index in [1.165, 1.54) is 12.1 Å². The molecule has 0 atom stereocenters. The van der Waals surface area contributed by atoms with Crippen molar-refractivity contribution in [2.75, 3.05) is 6.54 Å². The van der Waals surface area contributed by atoms with Gasteiger partial charge in [-0.25, -0.2) is 4.39 Å². The van der Waals surface area contributed by atoms with Crippen LogP contribution in [-0.2, 0) is 11.4 Å². The van der Waals surface area contributed by atoms with Gasteiger partial charge in [0.25, 0.3) is 5.91 Å². The van der Waals surface area contributed by atoms with E-state index in [0.29, 0.717) is 24.3 Å². The van der Waals surface area contributed by atoms with E-state index >= 15 is 0 Å². The molecule has 0 aliphatic carbocycles. The average Bonchev–Trinajstić information content (AvgIpc) is 2.57. The summed E-state index contributed by atoms with van der Waals surface area (Å²) in [4.78, 5) is 22.7. The third kappa shape index (κ3) is 5.72. The van der Waals surface area contributed by atoms with E-state index in [1.54, 1.807) is 30.3 Å². The minimum atomic E-state index is -0.388. The number of hydrogen-bond donors (Lipinski definition) is 2. The zero-order valence-electron chi connectivity index (χ0n) is 13.1.